The van der Waals surface area contributed by atoms with E-state index in [0.29, 0.717) is 18.8 Å². The smallest absolute Gasteiger partial charge is 0.125 e. The lowest BCUT2D eigenvalue weighted by Crippen LogP contribution is -2.34. The van der Waals surface area contributed by atoms with Gasteiger partial charge in [-0.05, 0) is 44.6 Å². The third-order valence-electron chi connectivity index (χ3n) is 5.30. The van der Waals surface area contributed by atoms with Crippen LogP contribution in [0.5, 0.6) is 5.75 Å². The molecule has 4 rings (SSSR count). The lowest BCUT2D eigenvalue weighted by atomic mass is 9.94. The highest BCUT2D eigenvalue weighted by Gasteiger charge is 2.47. The van der Waals surface area contributed by atoms with Gasteiger partial charge in [0.05, 0.1) is 11.4 Å². The van der Waals surface area contributed by atoms with Crippen LogP contribution >= 0.6 is 0 Å². The molecule has 1 saturated heterocycles. The zero-order chi connectivity index (χ0) is 14.6. The summed E-state index contributed by atoms with van der Waals surface area (Å²) in [5, 5.41) is 0. The van der Waals surface area contributed by atoms with Gasteiger partial charge in [-0.3, -0.25) is 0 Å². The first-order chi connectivity index (χ1) is 10.0. The van der Waals surface area contributed by atoms with Crippen molar-refractivity contribution in [2.45, 2.75) is 50.8 Å². The summed E-state index contributed by atoms with van der Waals surface area (Å²) in [6, 6.07) is 4.15. The van der Waals surface area contributed by atoms with Gasteiger partial charge in [-0.25, -0.2) is 4.39 Å². The molecule has 1 unspecified atom stereocenters. The lowest BCUT2D eigenvalue weighted by Gasteiger charge is -2.31. The Kier molecular flexibility index (Phi) is 2.85. The van der Waals surface area contributed by atoms with Crippen LogP contribution in [-0.2, 0) is 6.42 Å². The summed E-state index contributed by atoms with van der Waals surface area (Å²) in [4.78, 5) is 2.20. The molecule has 0 spiro atoms. The average molecular weight is 290 g/mol. The second-order valence-corrected chi connectivity index (χ2v) is 7.05. The highest BCUT2D eigenvalue weighted by Crippen LogP contribution is 2.50. The number of rotatable bonds is 2. The number of hydrogen-bond donors (Lipinski definition) is 1. The fourth-order valence-electron chi connectivity index (χ4n) is 3.82. The summed E-state index contributed by atoms with van der Waals surface area (Å²) in [6.07, 6.45) is 4.04. The van der Waals surface area contributed by atoms with Crippen molar-refractivity contribution in [1.82, 2.24) is 0 Å². The number of piperidine rings is 1. The van der Waals surface area contributed by atoms with Crippen LogP contribution in [0.1, 0.15) is 38.2 Å². The van der Waals surface area contributed by atoms with Gasteiger partial charge in [0.2, 0.25) is 0 Å². The van der Waals surface area contributed by atoms with Crippen molar-refractivity contribution < 1.29 is 9.13 Å². The van der Waals surface area contributed by atoms with E-state index in [9.17, 15) is 4.39 Å². The fourth-order valence-corrected chi connectivity index (χ4v) is 3.82. The molecular formula is C17H23FN2O. The Morgan fingerprint density at radius 1 is 1.24 bits per heavy atom. The van der Waals surface area contributed by atoms with Gasteiger partial charge in [0.25, 0.3) is 0 Å². The van der Waals surface area contributed by atoms with Crippen molar-refractivity contribution in [1.29, 1.82) is 0 Å². The second-order valence-electron chi connectivity index (χ2n) is 7.05. The molecule has 3 nitrogen and oxygen atoms in total. The van der Waals surface area contributed by atoms with E-state index in [2.05, 4.69) is 24.0 Å². The van der Waals surface area contributed by atoms with E-state index >= 15 is 0 Å². The maximum absolute atomic E-state index is 13.3. The van der Waals surface area contributed by atoms with Crippen molar-refractivity contribution in [3.63, 3.8) is 0 Å². The quantitative estimate of drug-likeness (QED) is 0.849. The monoisotopic (exact) mass is 290 g/mol. The predicted molar refractivity (Wildman–Crippen MR) is 82.7 cm³/mol. The molecule has 1 atom stereocenters. The molecule has 21 heavy (non-hydrogen) atoms. The maximum atomic E-state index is 13.3. The summed E-state index contributed by atoms with van der Waals surface area (Å²) in [6.45, 7) is 3.70. The SMILES string of the molecule is CC1(C2CC2)Cc2cc(N)c(N3CCC(F)CC3)cc2O1. The van der Waals surface area contributed by atoms with E-state index < -0.39 is 6.17 Å². The van der Waals surface area contributed by atoms with Gasteiger partial charge in [0, 0.05) is 31.1 Å². The predicted octanol–water partition coefficient (Wildman–Crippen LogP) is 3.31. The van der Waals surface area contributed by atoms with Gasteiger partial charge in [-0.1, -0.05) is 0 Å². The van der Waals surface area contributed by atoms with E-state index in [1.807, 2.05) is 0 Å². The molecule has 1 aromatic carbocycles. The van der Waals surface area contributed by atoms with Crippen LogP contribution in [0.2, 0.25) is 0 Å². The number of hydrogen-bond acceptors (Lipinski definition) is 3. The van der Waals surface area contributed by atoms with Crippen molar-refractivity contribution >= 4 is 11.4 Å². The van der Waals surface area contributed by atoms with Crippen LogP contribution in [0.15, 0.2) is 12.1 Å². The number of benzene rings is 1. The molecule has 3 aliphatic rings. The molecule has 2 N–H and O–H groups in total. The minimum Gasteiger partial charge on any atom is -0.487 e. The normalized spacial score (nSPS) is 29.3. The second kappa shape index (κ2) is 4.52. The summed E-state index contributed by atoms with van der Waals surface area (Å²) >= 11 is 0. The molecule has 0 radical (unpaired) electrons. The third kappa shape index (κ3) is 2.25. The number of nitrogen functional groups attached to an aromatic ring is 1. The number of halogens is 1. The minimum absolute atomic E-state index is 0.0423. The molecule has 0 aromatic heterocycles. The number of anilines is 2. The summed E-state index contributed by atoms with van der Waals surface area (Å²) in [7, 11) is 0. The zero-order valence-electron chi connectivity index (χ0n) is 12.6. The van der Waals surface area contributed by atoms with Crippen molar-refractivity contribution in [3.8, 4) is 5.75 Å². The van der Waals surface area contributed by atoms with Gasteiger partial charge >= 0.3 is 0 Å². The van der Waals surface area contributed by atoms with Gasteiger partial charge in [0.1, 0.15) is 17.5 Å². The Labute approximate surface area is 125 Å². The van der Waals surface area contributed by atoms with Crippen LogP contribution in [0.4, 0.5) is 15.8 Å². The minimum atomic E-state index is -0.661. The molecule has 2 heterocycles. The standard InChI is InChI=1S/C17H23FN2O/c1-17(12-2-3-12)10-11-8-14(19)15(9-16(11)21-17)20-6-4-13(18)5-7-20/h8-9,12-13H,2-7,10,19H2,1H3. The molecule has 2 aliphatic heterocycles. The van der Waals surface area contributed by atoms with Crippen LogP contribution in [-0.4, -0.2) is 24.9 Å². The third-order valence-corrected chi connectivity index (χ3v) is 5.30. The van der Waals surface area contributed by atoms with Crippen LogP contribution < -0.4 is 15.4 Å². The molecular weight excluding hydrogens is 267 g/mol. The number of ether oxygens (including phenoxy) is 1. The largest absolute Gasteiger partial charge is 0.487 e. The molecule has 2 fully saturated rings. The first kappa shape index (κ1) is 13.2. The van der Waals surface area contributed by atoms with E-state index in [1.54, 1.807) is 0 Å². The number of fused-ring (bicyclic) bond motifs is 1. The Morgan fingerprint density at radius 2 is 1.95 bits per heavy atom. The summed E-state index contributed by atoms with van der Waals surface area (Å²) < 4.78 is 19.6. The molecule has 1 aliphatic carbocycles. The van der Waals surface area contributed by atoms with Gasteiger partial charge in [-0.2, -0.15) is 0 Å². The highest BCUT2D eigenvalue weighted by molar-refractivity contribution is 5.72. The van der Waals surface area contributed by atoms with Crippen LogP contribution in [0, 0.1) is 5.92 Å². The average Bonchev–Trinajstić information content (AvgIpc) is 3.24. The van der Waals surface area contributed by atoms with Gasteiger partial charge < -0.3 is 15.4 Å². The molecule has 114 valence electrons. The van der Waals surface area contributed by atoms with E-state index in [1.165, 1.54) is 18.4 Å². The molecule has 1 aromatic rings. The van der Waals surface area contributed by atoms with Crippen molar-refractivity contribution in [3.05, 3.63) is 17.7 Å². The summed E-state index contributed by atoms with van der Waals surface area (Å²) in [5.41, 5.74) is 9.25. The Morgan fingerprint density at radius 3 is 2.62 bits per heavy atom. The number of nitrogens with two attached hydrogens (primary N) is 1. The molecule has 1 saturated carbocycles. The highest BCUT2D eigenvalue weighted by atomic mass is 19.1. The van der Waals surface area contributed by atoms with E-state index in [0.717, 1.165) is 36.6 Å². The Hall–Kier alpha value is -1.45. The topological polar surface area (TPSA) is 38.5 Å². The van der Waals surface area contributed by atoms with Crippen LogP contribution in [0.3, 0.4) is 0 Å². The number of alkyl halides is 1. The first-order valence-corrected chi connectivity index (χ1v) is 8.05. The molecule has 0 bridgehead atoms. The Balaban J connectivity index is 1.60. The number of nitrogens with zero attached hydrogens (tertiary/aromatic N) is 1. The summed E-state index contributed by atoms with van der Waals surface area (Å²) in [5.74, 6) is 1.67. The zero-order valence-corrected chi connectivity index (χ0v) is 12.6. The van der Waals surface area contributed by atoms with Crippen molar-refractivity contribution in [2.75, 3.05) is 23.7 Å². The Bertz CT molecular complexity index is 564. The first-order valence-electron chi connectivity index (χ1n) is 8.05. The fraction of sp³-hybridized carbons (Fsp3) is 0.647. The van der Waals surface area contributed by atoms with E-state index in [-0.39, 0.29) is 5.60 Å². The van der Waals surface area contributed by atoms with Gasteiger partial charge in [0.15, 0.2) is 0 Å². The van der Waals surface area contributed by atoms with Crippen molar-refractivity contribution in [2.24, 2.45) is 5.92 Å². The molecule has 4 heteroatoms. The van der Waals surface area contributed by atoms with Gasteiger partial charge in [-0.15, -0.1) is 0 Å². The van der Waals surface area contributed by atoms with E-state index in [4.69, 9.17) is 10.5 Å². The lowest BCUT2D eigenvalue weighted by molar-refractivity contribution is 0.0909. The maximum Gasteiger partial charge on any atom is 0.125 e. The van der Waals surface area contributed by atoms with Crippen LogP contribution in [0.25, 0.3) is 0 Å². The molecule has 0 amide bonds.